The van der Waals surface area contributed by atoms with Gasteiger partial charge in [-0.1, -0.05) is 57.9 Å². The van der Waals surface area contributed by atoms with Gasteiger partial charge in [0.25, 0.3) is 5.91 Å². The second-order valence-corrected chi connectivity index (χ2v) is 5.12. The minimum atomic E-state index is -0.176. The largest absolute Gasteiger partial charge is 0.348 e. The van der Waals surface area contributed by atoms with E-state index in [4.69, 9.17) is 11.6 Å². The van der Waals surface area contributed by atoms with Gasteiger partial charge >= 0.3 is 0 Å². The van der Waals surface area contributed by atoms with Gasteiger partial charge in [0.2, 0.25) is 0 Å². The lowest BCUT2D eigenvalue weighted by atomic mass is 10.2. The fourth-order valence-corrected chi connectivity index (χ4v) is 2.11. The molecule has 1 N–H and O–H groups in total. The number of hydrogen-bond donors (Lipinski definition) is 1. The van der Waals surface area contributed by atoms with E-state index in [2.05, 4.69) is 21.2 Å². The van der Waals surface area contributed by atoms with Gasteiger partial charge in [-0.2, -0.15) is 0 Å². The average molecular weight is 325 g/mol. The topological polar surface area (TPSA) is 29.1 Å². The van der Waals surface area contributed by atoms with Gasteiger partial charge in [0.1, 0.15) is 0 Å². The van der Waals surface area contributed by atoms with Crippen molar-refractivity contribution in [3.8, 4) is 0 Å². The first-order valence-electron chi connectivity index (χ1n) is 5.44. The number of amides is 1. The fraction of sp³-hybridized carbons (Fsp3) is 0.0714. The molecule has 0 spiro atoms. The standard InChI is InChI=1S/C14H11BrClNO/c15-11-6-7-13(16)12(8-11)14(18)17-9-10-4-2-1-3-5-10/h1-8H,9H2,(H,17,18). The van der Waals surface area contributed by atoms with Crippen LogP contribution in [0.1, 0.15) is 15.9 Å². The van der Waals surface area contributed by atoms with E-state index in [-0.39, 0.29) is 5.91 Å². The molecule has 18 heavy (non-hydrogen) atoms. The Balaban J connectivity index is 2.06. The molecule has 0 aliphatic rings. The predicted octanol–water partition coefficient (Wildman–Crippen LogP) is 4.03. The third-order valence-electron chi connectivity index (χ3n) is 2.47. The molecule has 92 valence electrons. The van der Waals surface area contributed by atoms with Crippen LogP contribution in [-0.4, -0.2) is 5.91 Å². The van der Waals surface area contributed by atoms with Crippen molar-refractivity contribution in [1.29, 1.82) is 0 Å². The number of hydrogen-bond acceptors (Lipinski definition) is 1. The van der Waals surface area contributed by atoms with E-state index in [1.807, 2.05) is 30.3 Å². The van der Waals surface area contributed by atoms with Gasteiger partial charge in [0.15, 0.2) is 0 Å². The monoisotopic (exact) mass is 323 g/mol. The van der Waals surface area contributed by atoms with Gasteiger partial charge in [-0.05, 0) is 23.8 Å². The molecule has 2 rings (SSSR count). The summed E-state index contributed by atoms with van der Waals surface area (Å²) in [7, 11) is 0. The average Bonchev–Trinajstić information content (AvgIpc) is 2.40. The van der Waals surface area contributed by atoms with Crippen LogP contribution in [0.15, 0.2) is 53.0 Å². The molecule has 0 saturated carbocycles. The quantitative estimate of drug-likeness (QED) is 0.907. The maximum atomic E-state index is 12.0. The summed E-state index contributed by atoms with van der Waals surface area (Å²) in [5.41, 5.74) is 1.53. The minimum absolute atomic E-state index is 0.176. The summed E-state index contributed by atoms with van der Waals surface area (Å²) < 4.78 is 0.830. The molecule has 0 atom stereocenters. The lowest BCUT2D eigenvalue weighted by molar-refractivity contribution is 0.0951. The highest BCUT2D eigenvalue weighted by molar-refractivity contribution is 9.10. The molecule has 4 heteroatoms. The van der Waals surface area contributed by atoms with Crippen LogP contribution >= 0.6 is 27.5 Å². The number of rotatable bonds is 3. The molecule has 0 aromatic heterocycles. The van der Waals surface area contributed by atoms with Crippen LogP contribution in [-0.2, 0) is 6.54 Å². The molecule has 0 unspecified atom stereocenters. The maximum absolute atomic E-state index is 12.0. The maximum Gasteiger partial charge on any atom is 0.253 e. The van der Waals surface area contributed by atoms with Crippen molar-refractivity contribution in [2.24, 2.45) is 0 Å². The summed E-state index contributed by atoms with van der Waals surface area (Å²) in [5.74, 6) is -0.176. The number of benzene rings is 2. The molecule has 0 aliphatic heterocycles. The normalized spacial score (nSPS) is 10.1. The molecule has 0 fully saturated rings. The van der Waals surface area contributed by atoms with E-state index in [1.54, 1.807) is 18.2 Å². The lowest BCUT2D eigenvalue weighted by Crippen LogP contribution is -2.23. The second kappa shape index (κ2) is 6.03. The van der Waals surface area contributed by atoms with Crippen molar-refractivity contribution < 1.29 is 4.79 Å². The number of carbonyl (C=O) groups is 1. The van der Waals surface area contributed by atoms with Gasteiger partial charge in [-0.25, -0.2) is 0 Å². The smallest absolute Gasteiger partial charge is 0.253 e. The Labute approximate surface area is 119 Å². The van der Waals surface area contributed by atoms with Gasteiger partial charge in [0.05, 0.1) is 10.6 Å². The van der Waals surface area contributed by atoms with Crippen LogP contribution in [0.4, 0.5) is 0 Å². The zero-order valence-corrected chi connectivity index (χ0v) is 11.8. The van der Waals surface area contributed by atoms with Crippen molar-refractivity contribution in [3.63, 3.8) is 0 Å². The molecule has 1 amide bonds. The Bertz CT molecular complexity index is 557. The van der Waals surface area contributed by atoms with E-state index < -0.39 is 0 Å². The summed E-state index contributed by atoms with van der Waals surface area (Å²) in [5, 5.41) is 3.29. The fourth-order valence-electron chi connectivity index (χ4n) is 1.54. The van der Waals surface area contributed by atoms with Crippen LogP contribution in [0.5, 0.6) is 0 Å². The zero-order chi connectivity index (χ0) is 13.0. The molecule has 0 heterocycles. The van der Waals surface area contributed by atoms with Crippen LogP contribution in [0.3, 0.4) is 0 Å². The van der Waals surface area contributed by atoms with E-state index in [9.17, 15) is 4.79 Å². The van der Waals surface area contributed by atoms with Gasteiger partial charge in [-0.15, -0.1) is 0 Å². The lowest BCUT2D eigenvalue weighted by Gasteiger charge is -2.07. The number of carbonyl (C=O) groups excluding carboxylic acids is 1. The molecular weight excluding hydrogens is 314 g/mol. The first-order valence-corrected chi connectivity index (χ1v) is 6.61. The van der Waals surface area contributed by atoms with Gasteiger partial charge < -0.3 is 5.32 Å². The Kier molecular flexibility index (Phi) is 4.39. The predicted molar refractivity (Wildman–Crippen MR) is 76.8 cm³/mol. The molecule has 0 bridgehead atoms. The van der Waals surface area contributed by atoms with Crippen molar-refractivity contribution in [2.75, 3.05) is 0 Å². The van der Waals surface area contributed by atoms with Crippen LogP contribution in [0.2, 0.25) is 5.02 Å². The SMILES string of the molecule is O=C(NCc1ccccc1)c1cc(Br)ccc1Cl. The third kappa shape index (κ3) is 3.34. The Hall–Kier alpha value is -1.32. The Morgan fingerprint density at radius 3 is 2.61 bits per heavy atom. The van der Waals surface area contributed by atoms with Crippen molar-refractivity contribution in [3.05, 3.63) is 69.2 Å². The van der Waals surface area contributed by atoms with Crippen LogP contribution in [0, 0.1) is 0 Å². The third-order valence-corrected chi connectivity index (χ3v) is 3.29. The van der Waals surface area contributed by atoms with Gasteiger partial charge in [-0.3, -0.25) is 4.79 Å². The van der Waals surface area contributed by atoms with Crippen molar-refractivity contribution >= 4 is 33.4 Å². The highest BCUT2D eigenvalue weighted by Gasteiger charge is 2.10. The summed E-state index contributed by atoms with van der Waals surface area (Å²) >= 11 is 9.31. The van der Waals surface area contributed by atoms with Crippen LogP contribution in [0.25, 0.3) is 0 Å². The summed E-state index contributed by atoms with van der Waals surface area (Å²) in [4.78, 5) is 12.0. The molecular formula is C14H11BrClNO. The summed E-state index contributed by atoms with van der Waals surface area (Å²) in [6.45, 7) is 0.489. The van der Waals surface area contributed by atoms with E-state index >= 15 is 0 Å². The molecule has 0 radical (unpaired) electrons. The number of halogens is 2. The Morgan fingerprint density at radius 2 is 1.89 bits per heavy atom. The first-order chi connectivity index (χ1) is 8.66. The molecule has 2 aromatic rings. The van der Waals surface area contributed by atoms with Crippen LogP contribution < -0.4 is 5.32 Å². The summed E-state index contributed by atoms with van der Waals surface area (Å²) in [6, 6.07) is 14.9. The molecule has 2 aromatic carbocycles. The highest BCUT2D eigenvalue weighted by Crippen LogP contribution is 2.20. The van der Waals surface area contributed by atoms with E-state index in [0.717, 1.165) is 10.0 Å². The summed E-state index contributed by atoms with van der Waals surface area (Å²) in [6.07, 6.45) is 0. The second-order valence-electron chi connectivity index (χ2n) is 3.79. The molecule has 0 saturated heterocycles. The number of nitrogens with one attached hydrogen (secondary N) is 1. The Morgan fingerprint density at radius 1 is 1.17 bits per heavy atom. The minimum Gasteiger partial charge on any atom is -0.348 e. The van der Waals surface area contributed by atoms with Gasteiger partial charge in [0, 0.05) is 11.0 Å². The molecule has 2 nitrogen and oxygen atoms in total. The zero-order valence-electron chi connectivity index (χ0n) is 9.49. The van der Waals surface area contributed by atoms with E-state index in [0.29, 0.717) is 17.1 Å². The highest BCUT2D eigenvalue weighted by atomic mass is 79.9. The van der Waals surface area contributed by atoms with E-state index in [1.165, 1.54) is 0 Å². The first kappa shape index (κ1) is 13.1. The van der Waals surface area contributed by atoms with Crippen molar-refractivity contribution in [1.82, 2.24) is 5.32 Å². The molecule has 0 aliphatic carbocycles. The van der Waals surface area contributed by atoms with Crippen molar-refractivity contribution in [2.45, 2.75) is 6.54 Å².